The third-order valence-corrected chi connectivity index (χ3v) is 8.30. The van der Waals surface area contributed by atoms with Crippen LogP contribution < -0.4 is 5.73 Å². The Balaban J connectivity index is 1.64. The molecule has 0 spiro atoms. The Kier molecular flexibility index (Phi) is 5.60. The fraction of sp³-hybridized carbons (Fsp3) is 0.500. The lowest BCUT2D eigenvalue weighted by Crippen LogP contribution is -2.42. The lowest BCUT2D eigenvalue weighted by Gasteiger charge is -2.33. The molecule has 4 heterocycles. The van der Waals surface area contributed by atoms with Crippen molar-refractivity contribution in [2.75, 3.05) is 5.73 Å². The molecule has 2 saturated heterocycles. The van der Waals surface area contributed by atoms with E-state index < -0.39 is 54.3 Å². The molecule has 21 heteroatoms. The SMILES string of the molecule is Nc1ncnc2c1ncn2[C@@H]1O[C@H]([C@H]2OP(=O)(O)O[P@@](=O)(OP(=O)(O)O)O2)[C@@H](O)[C@H]1O. The molecule has 0 amide bonds. The van der Waals surface area contributed by atoms with E-state index in [4.69, 9.17) is 20.3 Å². The van der Waals surface area contributed by atoms with Gasteiger partial charge in [0.05, 0.1) is 6.33 Å². The van der Waals surface area contributed by atoms with Crippen molar-refractivity contribution in [2.24, 2.45) is 0 Å². The summed E-state index contributed by atoms with van der Waals surface area (Å²) in [5.41, 5.74) is 5.93. The number of ether oxygens (including phenoxy) is 1. The third kappa shape index (κ3) is 4.44. The zero-order valence-corrected chi connectivity index (χ0v) is 17.4. The van der Waals surface area contributed by atoms with E-state index in [0.717, 1.165) is 17.2 Å². The molecule has 1 unspecified atom stereocenters. The first kappa shape index (κ1) is 22.8. The molecule has 172 valence electrons. The number of aliphatic hydroxyl groups is 2. The molecule has 0 bridgehead atoms. The normalized spacial score (nSPS) is 39.2. The van der Waals surface area contributed by atoms with Gasteiger partial charge in [0.2, 0.25) is 6.29 Å². The summed E-state index contributed by atoms with van der Waals surface area (Å²) in [6, 6.07) is 0. The van der Waals surface area contributed by atoms with E-state index in [1.54, 1.807) is 0 Å². The van der Waals surface area contributed by atoms with Gasteiger partial charge in [-0.25, -0.2) is 28.6 Å². The van der Waals surface area contributed by atoms with Gasteiger partial charge < -0.3 is 35.4 Å². The van der Waals surface area contributed by atoms with E-state index in [1.807, 2.05) is 0 Å². The van der Waals surface area contributed by atoms with Gasteiger partial charge in [0.1, 0.15) is 30.2 Å². The highest BCUT2D eigenvalue weighted by Crippen LogP contribution is 2.73. The lowest BCUT2D eigenvalue weighted by atomic mass is 10.1. The van der Waals surface area contributed by atoms with Gasteiger partial charge in [-0.1, -0.05) is 0 Å². The molecule has 7 N–H and O–H groups in total. The van der Waals surface area contributed by atoms with Gasteiger partial charge >= 0.3 is 23.5 Å². The van der Waals surface area contributed by atoms with Crippen LogP contribution in [-0.2, 0) is 36.1 Å². The summed E-state index contributed by atoms with van der Waals surface area (Å²) in [7, 11) is -16.1. The molecule has 4 rings (SSSR count). The standard InChI is InChI=1S/C10H14N5O13P3/c11-7-3-8(13-1-12-7)15(2-14-3)9-5(17)4(16)6(24-9)10-25-30(21,22)28-31(23,26-10)27-29(18,19)20/h1-2,4-6,9-10,16-17H,(H,21,22)(H2,11,12,13)(H2,18,19,20)/t4-,5+,6-,9+,10-,31+/m0/s1. The number of phosphoric acid groups is 3. The Labute approximate surface area is 171 Å². The van der Waals surface area contributed by atoms with Crippen LogP contribution in [0.5, 0.6) is 0 Å². The largest absolute Gasteiger partial charge is 0.495 e. The monoisotopic (exact) mass is 505 g/mol. The maximum absolute atomic E-state index is 12.3. The molecule has 0 radical (unpaired) electrons. The molecule has 2 aliphatic rings. The number of aromatic nitrogens is 4. The van der Waals surface area contributed by atoms with Crippen molar-refractivity contribution in [3.05, 3.63) is 12.7 Å². The molecule has 2 aliphatic heterocycles. The van der Waals surface area contributed by atoms with Crippen LogP contribution in [-0.4, -0.2) is 69.0 Å². The van der Waals surface area contributed by atoms with E-state index in [9.17, 15) is 28.8 Å². The number of nitrogens with two attached hydrogens (primary N) is 1. The Morgan fingerprint density at radius 1 is 1.16 bits per heavy atom. The maximum atomic E-state index is 12.3. The number of nitrogen functional groups attached to an aromatic ring is 1. The van der Waals surface area contributed by atoms with Crippen molar-refractivity contribution in [3.63, 3.8) is 0 Å². The summed E-state index contributed by atoms with van der Waals surface area (Å²) in [6.45, 7) is 0. The number of anilines is 1. The molecule has 31 heavy (non-hydrogen) atoms. The minimum Gasteiger partial charge on any atom is -0.387 e. The Hall–Kier alpha value is -1.36. The minimum atomic E-state index is -5.52. The number of aliphatic hydroxyl groups excluding tert-OH is 2. The Morgan fingerprint density at radius 3 is 2.55 bits per heavy atom. The second-order valence-corrected chi connectivity index (χ2v) is 10.7. The first-order valence-corrected chi connectivity index (χ1v) is 12.5. The van der Waals surface area contributed by atoms with Gasteiger partial charge in [0.15, 0.2) is 17.7 Å². The van der Waals surface area contributed by atoms with E-state index in [1.165, 1.54) is 0 Å². The van der Waals surface area contributed by atoms with Gasteiger partial charge in [0, 0.05) is 0 Å². The van der Waals surface area contributed by atoms with Crippen LogP contribution in [0.25, 0.3) is 11.2 Å². The summed E-state index contributed by atoms with van der Waals surface area (Å²) in [5, 5.41) is 20.8. The van der Waals surface area contributed by atoms with Crippen molar-refractivity contribution >= 4 is 40.4 Å². The Morgan fingerprint density at radius 2 is 1.87 bits per heavy atom. The molecule has 7 atom stereocenters. The Bertz CT molecular complexity index is 1150. The molecule has 2 aromatic rings. The molecular weight excluding hydrogens is 491 g/mol. The van der Waals surface area contributed by atoms with Gasteiger partial charge in [0.25, 0.3) is 0 Å². The van der Waals surface area contributed by atoms with Crippen LogP contribution in [0.3, 0.4) is 0 Å². The summed E-state index contributed by atoms with van der Waals surface area (Å²) in [6.07, 6.45) is -6.80. The molecule has 2 aromatic heterocycles. The number of phosphoric ester groups is 1. The lowest BCUT2D eigenvalue weighted by molar-refractivity contribution is -0.165. The highest BCUT2D eigenvalue weighted by atomic mass is 31.3. The van der Waals surface area contributed by atoms with E-state index in [2.05, 4.69) is 32.6 Å². The van der Waals surface area contributed by atoms with E-state index >= 15 is 0 Å². The highest BCUT2D eigenvalue weighted by molar-refractivity contribution is 7.67. The van der Waals surface area contributed by atoms with Crippen molar-refractivity contribution in [3.8, 4) is 0 Å². The quantitative estimate of drug-likeness (QED) is 0.264. The van der Waals surface area contributed by atoms with Crippen LogP contribution in [0, 0.1) is 0 Å². The van der Waals surface area contributed by atoms with E-state index in [-0.39, 0.29) is 17.0 Å². The summed E-state index contributed by atoms with van der Waals surface area (Å²) >= 11 is 0. The van der Waals surface area contributed by atoms with Gasteiger partial charge in [-0.15, -0.1) is 0 Å². The van der Waals surface area contributed by atoms with Crippen molar-refractivity contribution < 1.29 is 61.0 Å². The van der Waals surface area contributed by atoms with Crippen LogP contribution >= 0.6 is 23.5 Å². The minimum absolute atomic E-state index is 0.0150. The molecular formula is C10H14N5O13P3. The summed E-state index contributed by atoms with van der Waals surface area (Å²) in [5.74, 6) is 0.0150. The highest BCUT2D eigenvalue weighted by Gasteiger charge is 2.58. The number of hydrogen-bond acceptors (Lipinski definition) is 14. The van der Waals surface area contributed by atoms with Crippen LogP contribution in [0.1, 0.15) is 6.23 Å². The van der Waals surface area contributed by atoms with Gasteiger partial charge in [-0.05, 0) is 0 Å². The van der Waals surface area contributed by atoms with Crippen LogP contribution in [0.4, 0.5) is 5.82 Å². The predicted molar refractivity (Wildman–Crippen MR) is 93.3 cm³/mol. The van der Waals surface area contributed by atoms with Crippen molar-refractivity contribution in [2.45, 2.75) is 30.8 Å². The first-order chi connectivity index (χ1) is 14.3. The van der Waals surface area contributed by atoms with Gasteiger partial charge in [-0.3, -0.25) is 13.6 Å². The zero-order chi connectivity index (χ0) is 22.8. The van der Waals surface area contributed by atoms with Crippen molar-refractivity contribution in [1.29, 1.82) is 0 Å². The number of nitrogens with zero attached hydrogens (tertiary/aromatic N) is 4. The van der Waals surface area contributed by atoms with Crippen LogP contribution in [0.2, 0.25) is 0 Å². The molecule has 18 nitrogen and oxygen atoms in total. The molecule has 0 saturated carbocycles. The molecule has 0 aliphatic carbocycles. The second-order valence-electron chi connectivity index (χ2n) is 6.20. The molecule has 0 aromatic carbocycles. The third-order valence-electron chi connectivity index (χ3n) is 4.08. The first-order valence-electron chi connectivity index (χ1n) is 8.01. The fourth-order valence-corrected chi connectivity index (χ4v) is 6.74. The summed E-state index contributed by atoms with van der Waals surface area (Å²) in [4.78, 5) is 38.9. The van der Waals surface area contributed by atoms with Crippen LogP contribution in [0.15, 0.2) is 12.7 Å². The summed E-state index contributed by atoms with van der Waals surface area (Å²) < 4.78 is 58.9. The smallest absolute Gasteiger partial charge is 0.387 e. The topological polar surface area (TPSA) is 268 Å². The zero-order valence-electron chi connectivity index (χ0n) is 14.8. The number of imidazole rings is 1. The van der Waals surface area contributed by atoms with E-state index in [0.29, 0.717) is 0 Å². The number of rotatable bonds is 4. The molecule has 2 fully saturated rings. The van der Waals surface area contributed by atoms with Crippen molar-refractivity contribution in [1.82, 2.24) is 19.5 Å². The number of hydrogen-bond donors (Lipinski definition) is 6. The van der Waals surface area contributed by atoms with Gasteiger partial charge in [-0.2, -0.15) is 8.62 Å². The average Bonchev–Trinajstić information content (AvgIpc) is 3.14. The second kappa shape index (κ2) is 7.60. The maximum Gasteiger partial charge on any atom is 0.495 e. The fourth-order valence-electron chi connectivity index (χ4n) is 2.92. The average molecular weight is 505 g/mol. The number of fused-ring (bicyclic) bond motifs is 1. The predicted octanol–water partition coefficient (Wildman–Crippen LogP) is -1.27.